The number of amides is 2. The van der Waals surface area contributed by atoms with Gasteiger partial charge in [-0.25, -0.2) is 9.48 Å². The van der Waals surface area contributed by atoms with Crippen molar-refractivity contribution in [2.24, 2.45) is 5.73 Å². The maximum absolute atomic E-state index is 13.0. The molecule has 12 heteroatoms. The molecule has 0 spiro atoms. The molecule has 2 amide bonds. The van der Waals surface area contributed by atoms with Gasteiger partial charge in [-0.3, -0.25) is 9.59 Å². The molecule has 0 unspecified atom stereocenters. The highest BCUT2D eigenvalue weighted by atomic mass is 19.4. The van der Waals surface area contributed by atoms with E-state index in [0.717, 1.165) is 42.7 Å². The Kier molecular flexibility index (Phi) is 8.72. The largest absolute Gasteiger partial charge is 0.490 e. The minimum Gasteiger partial charge on any atom is -0.475 e. The molecular formula is C29H28F3N5O4. The fourth-order valence-electron chi connectivity index (χ4n) is 4.85. The van der Waals surface area contributed by atoms with Crippen LogP contribution in [-0.4, -0.2) is 51.9 Å². The number of rotatable bonds is 6. The van der Waals surface area contributed by atoms with Gasteiger partial charge in [-0.15, -0.1) is 0 Å². The van der Waals surface area contributed by atoms with Gasteiger partial charge in [0.1, 0.15) is 5.52 Å². The highest BCUT2D eigenvalue weighted by Gasteiger charge is 2.38. The van der Waals surface area contributed by atoms with Crippen molar-refractivity contribution < 1.29 is 32.7 Å². The Hall–Kier alpha value is -4.71. The third kappa shape index (κ3) is 7.09. The first-order valence-electron chi connectivity index (χ1n) is 12.7. The van der Waals surface area contributed by atoms with Crippen molar-refractivity contribution in [2.75, 3.05) is 18.4 Å². The van der Waals surface area contributed by atoms with Crippen LogP contribution in [0.15, 0.2) is 79.0 Å². The van der Waals surface area contributed by atoms with Gasteiger partial charge in [0.2, 0.25) is 5.91 Å². The van der Waals surface area contributed by atoms with E-state index >= 15 is 0 Å². The second-order valence-electron chi connectivity index (χ2n) is 9.65. The standard InChI is InChI=1S/C27H27N5O2.C2HF3O2/c28-26(34)23-8-4-5-19-18-32(31-25(19)23)22-11-9-21(10-12-22)30-24(33)17-27(13-15-29-16-14-27)20-6-2-1-3-7-20;3-2(4,5)1(6)7/h1-12,18,29H,13-17H2,(H2,28,34)(H,30,33);(H,6,7). The summed E-state index contributed by atoms with van der Waals surface area (Å²) in [5.41, 5.74) is 9.07. The first-order valence-corrected chi connectivity index (χ1v) is 12.7. The van der Waals surface area contributed by atoms with Crippen molar-refractivity contribution in [3.8, 4) is 5.69 Å². The van der Waals surface area contributed by atoms with Crippen LogP contribution in [0.2, 0.25) is 0 Å². The lowest BCUT2D eigenvalue weighted by Gasteiger charge is -2.37. The number of primary amides is 1. The molecular weight excluding hydrogens is 539 g/mol. The maximum Gasteiger partial charge on any atom is 0.490 e. The van der Waals surface area contributed by atoms with Crippen molar-refractivity contribution in [2.45, 2.75) is 30.9 Å². The molecule has 0 bridgehead atoms. The number of benzene rings is 3. The summed E-state index contributed by atoms with van der Waals surface area (Å²) in [4.78, 5) is 33.6. The number of aliphatic carboxylic acids is 1. The minimum absolute atomic E-state index is 0.00873. The highest BCUT2D eigenvalue weighted by molar-refractivity contribution is 6.04. The first kappa shape index (κ1) is 29.3. The van der Waals surface area contributed by atoms with Crippen LogP contribution in [0.4, 0.5) is 18.9 Å². The third-order valence-electron chi connectivity index (χ3n) is 6.91. The fraction of sp³-hybridized carbons (Fsp3) is 0.241. The average molecular weight is 568 g/mol. The van der Waals surface area contributed by atoms with Gasteiger partial charge in [-0.2, -0.15) is 18.3 Å². The van der Waals surface area contributed by atoms with Crippen LogP contribution in [-0.2, 0) is 15.0 Å². The molecule has 9 nitrogen and oxygen atoms in total. The maximum atomic E-state index is 13.0. The summed E-state index contributed by atoms with van der Waals surface area (Å²) in [6.45, 7) is 1.82. The number of hydrogen-bond donors (Lipinski definition) is 4. The van der Waals surface area contributed by atoms with E-state index in [9.17, 15) is 22.8 Å². The zero-order valence-electron chi connectivity index (χ0n) is 21.8. The Morgan fingerprint density at radius 1 is 0.976 bits per heavy atom. The predicted molar refractivity (Wildman–Crippen MR) is 147 cm³/mol. The molecule has 4 aromatic rings. The summed E-state index contributed by atoms with van der Waals surface area (Å²) in [5.74, 6) is -3.25. The molecule has 0 radical (unpaired) electrons. The summed E-state index contributed by atoms with van der Waals surface area (Å²) < 4.78 is 33.4. The smallest absolute Gasteiger partial charge is 0.475 e. The normalized spacial score (nSPS) is 14.5. The second-order valence-corrected chi connectivity index (χ2v) is 9.65. The summed E-state index contributed by atoms with van der Waals surface area (Å²) in [6.07, 6.45) is -0.913. The van der Waals surface area contributed by atoms with E-state index < -0.39 is 18.1 Å². The summed E-state index contributed by atoms with van der Waals surface area (Å²) in [5, 5.41) is 19.0. The lowest BCUT2D eigenvalue weighted by Crippen LogP contribution is -2.42. The van der Waals surface area contributed by atoms with Crippen LogP contribution < -0.4 is 16.4 Å². The third-order valence-corrected chi connectivity index (χ3v) is 6.91. The quantitative estimate of drug-likeness (QED) is 0.272. The van der Waals surface area contributed by atoms with E-state index in [4.69, 9.17) is 15.6 Å². The van der Waals surface area contributed by atoms with Crippen LogP contribution in [0.5, 0.6) is 0 Å². The number of nitrogens with zero attached hydrogens (tertiary/aromatic N) is 2. The van der Waals surface area contributed by atoms with E-state index in [2.05, 4.69) is 27.9 Å². The predicted octanol–water partition coefficient (Wildman–Crippen LogP) is 4.41. The topological polar surface area (TPSA) is 139 Å². The Balaban J connectivity index is 0.000000493. The lowest BCUT2D eigenvalue weighted by molar-refractivity contribution is -0.192. The van der Waals surface area contributed by atoms with Crippen molar-refractivity contribution >= 4 is 34.4 Å². The summed E-state index contributed by atoms with van der Waals surface area (Å²) in [6, 6.07) is 23.2. The van der Waals surface area contributed by atoms with Gasteiger partial charge in [-0.05, 0) is 61.8 Å². The number of nitrogens with one attached hydrogen (secondary N) is 2. The highest BCUT2D eigenvalue weighted by Crippen LogP contribution is 2.37. The van der Waals surface area contributed by atoms with Crippen molar-refractivity contribution in [1.29, 1.82) is 0 Å². The number of alkyl halides is 3. The van der Waals surface area contributed by atoms with Gasteiger partial charge in [0.25, 0.3) is 5.91 Å². The molecule has 1 fully saturated rings. The lowest BCUT2D eigenvalue weighted by atomic mass is 9.70. The van der Waals surface area contributed by atoms with Crippen LogP contribution >= 0.6 is 0 Å². The molecule has 41 heavy (non-hydrogen) atoms. The molecule has 1 aliphatic heterocycles. The number of carbonyl (C=O) groups excluding carboxylic acids is 2. The number of aromatic nitrogens is 2. The molecule has 0 saturated carbocycles. The van der Waals surface area contributed by atoms with E-state index in [1.54, 1.807) is 16.8 Å². The SMILES string of the molecule is NC(=O)c1cccc2cn(-c3ccc(NC(=O)CC4(c5ccccc5)CCNCC4)cc3)nc12.O=C(O)C(F)(F)F. The average Bonchev–Trinajstić information content (AvgIpc) is 3.39. The Morgan fingerprint density at radius 2 is 1.61 bits per heavy atom. The zero-order valence-corrected chi connectivity index (χ0v) is 21.8. The van der Waals surface area contributed by atoms with Crippen molar-refractivity contribution in [1.82, 2.24) is 15.1 Å². The molecule has 5 N–H and O–H groups in total. The van der Waals surface area contributed by atoms with Gasteiger partial charge < -0.3 is 21.5 Å². The molecule has 1 saturated heterocycles. The summed E-state index contributed by atoms with van der Waals surface area (Å²) >= 11 is 0. The number of nitrogens with two attached hydrogens (primary N) is 1. The summed E-state index contributed by atoms with van der Waals surface area (Å²) in [7, 11) is 0. The molecule has 1 aliphatic rings. The zero-order chi connectivity index (χ0) is 29.6. The van der Waals surface area contributed by atoms with Crippen LogP contribution in [0.1, 0.15) is 35.2 Å². The molecule has 3 aromatic carbocycles. The molecule has 214 valence electrons. The van der Waals surface area contributed by atoms with Gasteiger partial charge in [-0.1, -0.05) is 42.5 Å². The van der Waals surface area contributed by atoms with Crippen LogP contribution in [0, 0.1) is 0 Å². The van der Waals surface area contributed by atoms with Crippen LogP contribution in [0.25, 0.3) is 16.6 Å². The second kappa shape index (κ2) is 12.2. The van der Waals surface area contributed by atoms with Gasteiger partial charge in [0, 0.05) is 29.1 Å². The Bertz CT molecular complexity index is 1530. The number of carboxylic acids is 1. The van der Waals surface area contributed by atoms with Gasteiger partial charge in [0.05, 0.1) is 11.3 Å². The molecule has 0 aliphatic carbocycles. The van der Waals surface area contributed by atoms with Gasteiger partial charge in [0.15, 0.2) is 0 Å². The molecule has 2 heterocycles. The molecule has 1 aromatic heterocycles. The molecule has 5 rings (SSSR count). The fourth-order valence-corrected chi connectivity index (χ4v) is 4.85. The van der Waals surface area contributed by atoms with E-state index in [1.165, 1.54) is 5.56 Å². The first-order chi connectivity index (χ1) is 19.5. The number of halogens is 3. The van der Waals surface area contributed by atoms with Crippen LogP contribution in [0.3, 0.4) is 0 Å². The molecule has 0 atom stereocenters. The van der Waals surface area contributed by atoms with E-state index in [-0.39, 0.29) is 11.3 Å². The number of carboxylic acid groups (broad SMARTS) is 1. The van der Waals surface area contributed by atoms with Crippen molar-refractivity contribution in [3.05, 3.63) is 90.1 Å². The minimum atomic E-state index is -5.08. The number of hydrogen-bond acceptors (Lipinski definition) is 5. The number of piperidine rings is 1. The van der Waals surface area contributed by atoms with E-state index in [1.807, 2.05) is 54.7 Å². The Morgan fingerprint density at radius 3 is 2.20 bits per heavy atom. The monoisotopic (exact) mass is 567 g/mol. The van der Waals surface area contributed by atoms with Crippen molar-refractivity contribution in [3.63, 3.8) is 0 Å². The number of fused-ring (bicyclic) bond motifs is 1. The van der Waals surface area contributed by atoms with E-state index in [0.29, 0.717) is 17.5 Å². The Labute approximate surface area is 233 Å². The number of carbonyl (C=O) groups is 3. The number of anilines is 1. The van der Waals surface area contributed by atoms with Gasteiger partial charge >= 0.3 is 12.1 Å².